The second kappa shape index (κ2) is 5.75. The molecule has 5 rings (SSSR count). The molecule has 6 nitrogen and oxygen atoms in total. The van der Waals surface area contributed by atoms with Crippen molar-refractivity contribution in [1.29, 1.82) is 0 Å². The predicted molar refractivity (Wildman–Crippen MR) is 95.2 cm³/mol. The van der Waals surface area contributed by atoms with Crippen LogP contribution < -0.4 is 9.80 Å². The number of aliphatic carboxylic acids is 1. The number of carbonyl (C=O) groups is 1. The first-order valence-corrected chi connectivity index (χ1v) is 9.88. The first-order chi connectivity index (χ1) is 12.8. The van der Waals surface area contributed by atoms with Gasteiger partial charge in [-0.25, -0.2) is 4.98 Å². The first kappa shape index (κ1) is 17.1. The van der Waals surface area contributed by atoms with E-state index in [2.05, 4.69) is 16.8 Å². The molecule has 4 aliphatic rings. The number of carboxylic acids is 1. The molecular weight excluding hydrogens is 354 g/mol. The van der Waals surface area contributed by atoms with Crippen LogP contribution in [-0.2, 0) is 17.1 Å². The molecule has 1 unspecified atom stereocenters. The minimum absolute atomic E-state index is 0.0875. The van der Waals surface area contributed by atoms with Crippen LogP contribution in [0.2, 0.25) is 0 Å². The highest BCUT2D eigenvalue weighted by atomic mass is 19.3. The summed E-state index contributed by atoms with van der Waals surface area (Å²) < 4.78 is 29.3. The maximum Gasteiger partial charge on any atom is 0.303 e. The van der Waals surface area contributed by atoms with Crippen LogP contribution in [0.1, 0.15) is 43.9 Å². The van der Waals surface area contributed by atoms with Crippen molar-refractivity contribution in [2.75, 3.05) is 29.4 Å². The Labute approximate surface area is 156 Å². The van der Waals surface area contributed by atoms with Crippen molar-refractivity contribution in [1.82, 2.24) is 9.97 Å². The van der Waals surface area contributed by atoms with E-state index in [1.54, 1.807) is 0 Å². The number of anilines is 2. The molecule has 8 heteroatoms. The standard InChI is InChI=1S/C19H24F2N4O2/c1-10-4-6-25(10)18-22-16-11(3-2-5-19(16,20)21)17(23-18)24-8-13-12(7-15(26)27)14(13)9-24/h10,12-14H,2-9H2,1H3,(H,26,27)/t10-,12?,13-,14+/m0/s1. The van der Waals surface area contributed by atoms with E-state index in [1.807, 2.05) is 4.90 Å². The Kier molecular flexibility index (Phi) is 3.65. The average Bonchev–Trinajstić information content (AvgIpc) is 3.03. The number of hydrogen-bond donors (Lipinski definition) is 1. The fourth-order valence-electron chi connectivity index (χ4n) is 5.13. The van der Waals surface area contributed by atoms with Gasteiger partial charge in [-0.05, 0) is 43.9 Å². The van der Waals surface area contributed by atoms with Gasteiger partial charge in [0.1, 0.15) is 11.5 Å². The fraction of sp³-hybridized carbons (Fsp3) is 0.737. The van der Waals surface area contributed by atoms with E-state index in [1.165, 1.54) is 0 Å². The second-order valence-electron chi connectivity index (χ2n) is 8.56. The minimum Gasteiger partial charge on any atom is -0.481 e. The number of aromatic nitrogens is 2. The Bertz CT molecular complexity index is 790. The highest BCUT2D eigenvalue weighted by molar-refractivity contribution is 5.68. The van der Waals surface area contributed by atoms with Crippen LogP contribution in [0.4, 0.5) is 20.5 Å². The van der Waals surface area contributed by atoms with Gasteiger partial charge in [0, 0.05) is 44.1 Å². The van der Waals surface area contributed by atoms with Crippen molar-refractivity contribution in [3.63, 3.8) is 0 Å². The number of nitrogens with zero attached hydrogens (tertiary/aromatic N) is 4. The topological polar surface area (TPSA) is 69.6 Å². The number of carboxylic acid groups (broad SMARTS) is 1. The summed E-state index contributed by atoms with van der Waals surface area (Å²) >= 11 is 0. The van der Waals surface area contributed by atoms with Crippen LogP contribution in [0.3, 0.4) is 0 Å². The summed E-state index contributed by atoms with van der Waals surface area (Å²) in [7, 11) is 0. The van der Waals surface area contributed by atoms with Gasteiger partial charge in [-0.3, -0.25) is 4.79 Å². The van der Waals surface area contributed by atoms with Crippen LogP contribution in [-0.4, -0.2) is 46.7 Å². The Hall–Kier alpha value is -1.99. The molecule has 27 heavy (non-hydrogen) atoms. The van der Waals surface area contributed by atoms with Crippen molar-refractivity contribution in [2.45, 2.75) is 51.0 Å². The SMILES string of the molecule is C[C@H]1CCN1c1nc(N2C[C@@H]3C(CC(=O)O)[C@@H]3C2)c2c(n1)C(F)(F)CCC2. The maximum absolute atomic E-state index is 14.6. The molecule has 3 heterocycles. The Morgan fingerprint density at radius 2 is 2.04 bits per heavy atom. The van der Waals surface area contributed by atoms with Crippen molar-refractivity contribution in [2.24, 2.45) is 17.8 Å². The zero-order chi connectivity index (χ0) is 18.9. The smallest absolute Gasteiger partial charge is 0.303 e. The van der Waals surface area contributed by atoms with Crippen LogP contribution >= 0.6 is 0 Å². The number of hydrogen-bond acceptors (Lipinski definition) is 5. The van der Waals surface area contributed by atoms with Crippen LogP contribution in [0, 0.1) is 17.8 Å². The molecule has 2 aliphatic carbocycles. The molecule has 0 radical (unpaired) electrons. The van der Waals surface area contributed by atoms with E-state index in [0.29, 0.717) is 55.1 Å². The van der Waals surface area contributed by atoms with Gasteiger partial charge in [0.2, 0.25) is 5.95 Å². The van der Waals surface area contributed by atoms with Crippen molar-refractivity contribution in [3.05, 3.63) is 11.3 Å². The molecule has 0 aromatic carbocycles. The van der Waals surface area contributed by atoms with Gasteiger partial charge >= 0.3 is 5.97 Å². The van der Waals surface area contributed by atoms with Crippen molar-refractivity contribution < 1.29 is 18.7 Å². The Morgan fingerprint density at radius 1 is 1.30 bits per heavy atom. The number of piperidine rings is 1. The van der Waals surface area contributed by atoms with E-state index < -0.39 is 11.9 Å². The molecule has 1 aromatic heterocycles. The van der Waals surface area contributed by atoms with Crippen LogP contribution in [0.25, 0.3) is 0 Å². The number of halogens is 2. The Morgan fingerprint density at radius 3 is 2.63 bits per heavy atom. The zero-order valence-electron chi connectivity index (χ0n) is 15.4. The lowest BCUT2D eigenvalue weighted by Crippen LogP contribution is -2.47. The van der Waals surface area contributed by atoms with Gasteiger partial charge in [-0.1, -0.05) is 0 Å². The van der Waals surface area contributed by atoms with Gasteiger partial charge in [0.05, 0.1) is 0 Å². The zero-order valence-corrected chi connectivity index (χ0v) is 15.4. The molecule has 1 aromatic rings. The Balaban J connectivity index is 1.47. The lowest BCUT2D eigenvalue weighted by Gasteiger charge is -2.40. The largest absolute Gasteiger partial charge is 0.481 e. The monoisotopic (exact) mass is 378 g/mol. The fourth-order valence-corrected chi connectivity index (χ4v) is 5.13. The van der Waals surface area contributed by atoms with Gasteiger partial charge in [0.25, 0.3) is 5.92 Å². The van der Waals surface area contributed by atoms with E-state index in [4.69, 9.17) is 10.1 Å². The lowest BCUT2D eigenvalue weighted by atomic mass is 9.92. The summed E-state index contributed by atoms with van der Waals surface area (Å²) in [6.45, 7) is 4.29. The summed E-state index contributed by atoms with van der Waals surface area (Å²) in [5, 5.41) is 9.01. The van der Waals surface area contributed by atoms with Crippen molar-refractivity contribution in [3.8, 4) is 0 Å². The molecule has 2 aliphatic heterocycles. The van der Waals surface area contributed by atoms with Gasteiger partial charge in [-0.15, -0.1) is 0 Å². The second-order valence-corrected chi connectivity index (χ2v) is 8.56. The molecular formula is C19H24F2N4O2. The molecule has 146 valence electrons. The maximum atomic E-state index is 14.6. The summed E-state index contributed by atoms with van der Waals surface area (Å²) in [4.78, 5) is 24.1. The third-order valence-electron chi connectivity index (χ3n) is 6.90. The van der Waals surface area contributed by atoms with E-state index in [9.17, 15) is 13.6 Å². The predicted octanol–water partition coefficient (Wildman–Crippen LogP) is 2.66. The van der Waals surface area contributed by atoms with E-state index in [0.717, 1.165) is 13.0 Å². The summed E-state index contributed by atoms with van der Waals surface area (Å²) in [5.41, 5.74) is 0.509. The highest BCUT2D eigenvalue weighted by Gasteiger charge is 2.57. The van der Waals surface area contributed by atoms with Gasteiger partial charge in [-0.2, -0.15) is 13.8 Å². The molecule has 3 fully saturated rings. The first-order valence-electron chi connectivity index (χ1n) is 9.88. The number of rotatable bonds is 4. The van der Waals surface area contributed by atoms with Crippen LogP contribution in [0.5, 0.6) is 0 Å². The van der Waals surface area contributed by atoms with Crippen LogP contribution in [0.15, 0.2) is 0 Å². The quantitative estimate of drug-likeness (QED) is 0.869. The normalized spacial score (nSPS) is 33.3. The molecule has 1 saturated carbocycles. The molecule has 0 bridgehead atoms. The molecule has 2 saturated heterocycles. The van der Waals surface area contributed by atoms with Gasteiger partial charge in [0.15, 0.2) is 0 Å². The average molecular weight is 378 g/mol. The minimum atomic E-state index is -2.90. The third-order valence-corrected chi connectivity index (χ3v) is 6.90. The summed E-state index contributed by atoms with van der Waals surface area (Å²) in [6.07, 6.45) is 2.10. The van der Waals surface area contributed by atoms with E-state index >= 15 is 0 Å². The highest BCUT2D eigenvalue weighted by Crippen LogP contribution is 2.55. The van der Waals surface area contributed by atoms with Crippen molar-refractivity contribution >= 4 is 17.7 Å². The van der Waals surface area contributed by atoms with E-state index in [-0.39, 0.29) is 30.5 Å². The number of fused-ring (bicyclic) bond motifs is 2. The van der Waals surface area contributed by atoms with Gasteiger partial charge < -0.3 is 14.9 Å². The molecule has 0 amide bonds. The summed E-state index contributed by atoms with van der Waals surface area (Å²) in [6, 6.07) is 0.278. The molecule has 0 spiro atoms. The molecule has 1 N–H and O–H groups in total. The number of alkyl halides is 2. The summed E-state index contributed by atoms with van der Waals surface area (Å²) in [5.74, 6) is -1.64. The lowest BCUT2D eigenvalue weighted by molar-refractivity contribution is -0.137. The third kappa shape index (κ3) is 2.67. The molecule has 4 atom stereocenters.